The van der Waals surface area contributed by atoms with Gasteiger partial charge in [-0.25, -0.2) is 0 Å². The SMILES string of the molecule is CC/C=C\C/C=C\C/C=C\C/C=C\C/C=C\C/C=C\C/C=C\CCCCCCCCCCCCCCCCCCCC(=O)NC(COC1OC(CO)C(OC2OC(CO)C(O)C(O)C2O)C(O)C1O)C(O)/C=C/CC/C=C/CCCCCCCCCCCCCCCCCCCCCC. The Morgan fingerprint density at radius 3 is 1.11 bits per heavy atom. The van der Waals surface area contributed by atoms with E-state index in [1.54, 1.807) is 6.08 Å². The van der Waals surface area contributed by atoms with Gasteiger partial charge in [-0.2, -0.15) is 0 Å². The molecule has 1 amide bonds. The van der Waals surface area contributed by atoms with Crippen LogP contribution in [0.5, 0.6) is 0 Å². The van der Waals surface area contributed by atoms with Crippen LogP contribution >= 0.6 is 0 Å². The Kier molecular flexibility index (Phi) is 62.8. The second-order valence-corrected chi connectivity index (χ2v) is 28.2. The average Bonchev–Trinajstić information content (AvgIpc) is 0.794. The Labute approximate surface area is 604 Å². The van der Waals surface area contributed by atoms with Crippen molar-refractivity contribution in [2.24, 2.45) is 0 Å². The minimum Gasteiger partial charge on any atom is -0.394 e. The number of carbonyl (C=O) groups is 1. The maximum Gasteiger partial charge on any atom is 0.220 e. The highest BCUT2D eigenvalue weighted by atomic mass is 16.7. The van der Waals surface area contributed by atoms with Gasteiger partial charge in [0.25, 0.3) is 0 Å². The number of hydrogen-bond donors (Lipinski definition) is 9. The van der Waals surface area contributed by atoms with E-state index >= 15 is 0 Å². The topological polar surface area (TPSA) is 228 Å². The normalized spacial score (nSPS) is 22.5. The Morgan fingerprint density at radius 1 is 0.374 bits per heavy atom. The number of carbonyl (C=O) groups excluding carboxylic acids is 1. The molecule has 0 spiro atoms. The van der Waals surface area contributed by atoms with Crippen LogP contribution in [0.25, 0.3) is 0 Å². The smallest absolute Gasteiger partial charge is 0.220 e. The van der Waals surface area contributed by atoms with Gasteiger partial charge in [0.05, 0.1) is 32.0 Å². The molecule has 12 atom stereocenters. The zero-order valence-corrected chi connectivity index (χ0v) is 62.7. The first-order chi connectivity index (χ1) is 48.6. The van der Waals surface area contributed by atoms with Crippen molar-refractivity contribution in [2.45, 2.75) is 402 Å². The molecule has 0 aliphatic carbocycles. The van der Waals surface area contributed by atoms with Gasteiger partial charge in [0.2, 0.25) is 5.91 Å². The molecule has 14 heteroatoms. The monoisotopic (exact) mass is 1390 g/mol. The number of allylic oxidation sites excluding steroid dienone is 17. The first kappa shape index (κ1) is 91.7. The number of hydrogen-bond acceptors (Lipinski definition) is 13. The Bertz CT molecular complexity index is 2080. The van der Waals surface area contributed by atoms with Crippen molar-refractivity contribution in [2.75, 3.05) is 19.8 Å². The quantitative estimate of drug-likeness (QED) is 0.0204. The van der Waals surface area contributed by atoms with Crippen molar-refractivity contribution in [1.29, 1.82) is 0 Å². The molecule has 2 heterocycles. The fourth-order valence-corrected chi connectivity index (χ4v) is 12.8. The number of amides is 1. The minimum absolute atomic E-state index is 0.247. The predicted molar refractivity (Wildman–Crippen MR) is 410 cm³/mol. The van der Waals surface area contributed by atoms with Crippen molar-refractivity contribution < 1.29 is 64.6 Å². The molecule has 12 unspecified atom stereocenters. The lowest BCUT2D eigenvalue weighted by Gasteiger charge is -2.46. The Morgan fingerprint density at radius 2 is 0.707 bits per heavy atom. The molecule has 0 aromatic heterocycles. The summed E-state index contributed by atoms with van der Waals surface area (Å²) in [6, 6.07) is -0.938. The van der Waals surface area contributed by atoms with E-state index in [2.05, 4.69) is 116 Å². The van der Waals surface area contributed by atoms with Crippen LogP contribution in [0.15, 0.2) is 109 Å². The van der Waals surface area contributed by atoms with Gasteiger partial charge in [-0.05, 0) is 89.9 Å². The van der Waals surface area contributed by atoms with Crippen molar-refractivity contribution >= 4 is 5.91 Å². The maximum absolute atomic E-state index is 13.4. The summed E-state index contributed by atoms with van der Waals surface area (Å²) in [5.41, 5.74) is 0. The third-order valence-corrected chi connectivity index (χ3v) is 19.2. The van der Waals surface area contributed by atoms with E-state index in [9.17, 15) is 45.6 Å². The number of aliphatic hydroxyl groups excluding tert-OH is 8. The number of nitrogens with one attached hydrogen (secondary N) is 1. The van der Waals surface area contributed by atoms with E-state index in [4.69, 9.17) is 18.9 Å². The molecule has 14 nitrogen and oxygen atoms in total. The van der Waals surface area contributed by atoms with Crippen LogP contribution < -0.4 is 5.32 Å². The lowest BCUT2D eigenvalue weighted by atomic mass is 9.97. The molecule has 2 rings (SSSR count). The summed E-state index contributed by atoms with van der Waals surface area (Å²) in [6.45, 7) is 2.71. The van der Waals surface area contributed by atoms with Gasteiger partial charge in [-0.1, -0.05) is 342 Å². The third kappa shape index (κ3) is 50.7. The third-order valence-electron chi connectivity index (χ3n) is 19.2. The van der Waals surface area contributed by atoms with E-state index in [0.29, 0.717) is 12.8 Å². The van der Waals surface area contributed by atoms with Crippen LogP contribution in [-0.4, -0.2) is 140 Å². The summed E-state index contributed by atoms with van der Waals surface area (Å²) in [5, 5.41) is 87.7. The zero-order chi connectivity index (χ0) is 71.5. The Balaban J connectivity index is 1.61. The summed E-state index contributed by atoms with van der Waals surface area (Å²) < 4.78 is 22.9. The molecule has 0 aromatic rings. The molecule has 0 radical (unpaired) electrons. The standard InChI is InChI=1S/C85H149NO13/c1-3-5-7-9-11-13-15-17-19-21-23-25-27-29-31-32-33-34-35-36-37-38-39-40-41-42-43-45-47-49-51-53-55-57-59-61-63-65-67-69-77(90)86-73(72-96-84-82(95)80(93)83(76(71-88)98-84)99-85-81(94)79(92)78(91)75(70-87)97-85)74(89)68-66-64-62-60-58-56-54-52-50-48-46-44-30-28-26-24-22-20-18-16-14-12-10-8-6-4-2/h5,7,11,13,17,19,23,25,29,31,33-34,36-37,58,60,66,68,73-76,78-85,87-89,91-95H,3-4,6,8-10,12,14-16,18,20-22,24,26-28,30,32,35,38-57,59,61-65,67,69-72H2,1-2H3,(H,86,90)/b7-5-,13-11-,19-17-,25-23-,31-29-,34-33-,37-36-,60-58+,68-66+. The summed E-state index contributed by atoms with van der Waals surface area (Å²) in [5.74, 6) is -0.247. The molecule has 99 heavy (non-hydrogen) atoms. The summed E-state index contributed by atoms with van der Waals surface area (Å²) in [6.07, 6.45) is 81.7. The van der Waals surface area contributed by atoms with E-state index in [1.807, 2.05) is 6.08 Å². The van der Waals surface area contributed by atoms with Crippen LogP contribution in [0.4, 0.5) is 0 Å². The molecule has 0 aromatic carbocycles. The molecule has 2 aliphatic heterocycles. The van der Waals surface area contributed by atoms with E-state index < -0.39 is 86.8 Å². The van der Waals surface area contributed by atoms with Crippen molar-refractivity contribution in [1.82, 2.24) is 5.32 Å². The second-order valence-electron chi connectivity index (χ2n) is 28.2. The summed E-state index contributed by atoms with van der Waals surface area (Å²) >= 11 is 0. The predicted octanol–water partition coefficient (Wildman–Crippen LogP) is 18.6. The van der Waals surface area contributed by atoms with Crippen molar-refractivity contribution in [3.63, 3.8) is 0 Å². The highest BCUT2D eigenvalue weighted by Crippen LogP contribution is 2.30. The second kappa shape index (κ2) is 67.8. The molecule has 0 saturated carbocycles. The number of ether oxygens (including phenoxy) is 4. The van der Waals surface area contributed by atoms with Crippen LogP contribution in [0.1, 0.15) is 328 Å². The van der Waals surface area contributed by atoms with Gasteiger partial charge in [0.1, 0.15) is 48.8 Å². The van der Waals surface area contributed by atoms with Crippen LogP contribution in [0.3, 0.4) is 0 Å². The molecular weight excluding hydrogens is 1240 g/mol. The minimum atomic E-state index is -1.80. The highest BCUT2D eigenvalue weighted by Gasteiger charge is 2.51. The van der Waals surface area contributed by atoms with Crippen molar-refractivity contribution in [3.05, 3.63) is 109 Å². The number of aliphatic hydroxyl groups is 8. The summed E-state index contributed by atoms with van der Waals surface area (Å²) in [7, 11) is 0. The van der Waals surface area contributed by atoms with Crippen LogP contribution in [-0.2, 0) is 23.7 Å². The fraction of sp³-hybridized carbons (Fsp3) is 0.776. The molecule has 0 bridgehead atoms. The van der Waals surface area contributed by atoms with Gasteiger partial charge >= 0.3 is 0 Å². The molecule has 2 saturated heterocycles. The zero-order valence-electron chi connectivity index (χ0n) is 62.7. The van der Waals surface area contributed by atoms with Crippen molar-refractivity contribution in [3.8, 4) is 0 Å². The summed E-state index contributed by atoms with van der Waals surface area (Å²) in [4.78, 5) is 13.4. The van der Waals surface area contributed by atoms with Crippen LogP contribution in [0, 0.1) is 0 Å². The van der Waals surface area contributed by atoms with Gasteiger partial charge in [0, 0.05) is 6.42 Å². The lowest BCUT2D eigenvalue weighted by molar-refractivity contribution is -0.359. The molecule has 572 valence electrons. The van der Waals surface area contributed by atoms with Gasteiger partial charge < -0.3 is 65.1 Å². The van der Waals surface area contributed by atoms with Gasteiger partial charge in [-0.15, -0.1) is 0 Å². The van der Waals surface area contributed by atoms with E-state index in [0.717, 1.165) is 77.0 Å². The van der Waals surface area contributed by atoms with E-state index in [-0.39, 0.29) is 18.9 Å². The van der Waals surface area contributed by atoms with Gasteiger partial charge in [-0.3, -0.25) is 4.79 Å². The van der Waals surface area contributed by atoms with E-state index in [1.165, 1.54) is 218 Å². The van der Waals surface area contributed by atoms with Crippen LogP contribution in [0.2, 0.25) is 0 Å². The average molecular weight is 1390 g/mol. The maximum atomic E-state index is 13.4. The first-order valence-corrected chi connectivity index (χ1v) is 40.6. The van der Waals surface area contributed by atoms with Gasteiger partial charge in [0.15, 0.2) is 12.6 Å². The lowest BCUT2D eigenvalue weighted by Crippen LogP contribution is -2.65. The highest BCUT2D eigenvalue weighted by molar-refractivity contribution is 5.76. The largest absolute Gasteiger partial charge is 0.394 e. The molecule has 2 aliphatic rings. The molecular formula is C85H149NO13. The fourth-order valence-electron chi connectivity index (χ4n) is 12.8. The molecule has 2 fully saturated rings. The first-order valence-electron chi connectivity index (χ1n) is 40.6. The molecule has 9 N–H and O–H groups in total. The Hall–Kier alpha value is -3.35. The number of unbranched alkanes of at least 4 members (excludes halogenated alkanes) is 38. The number of rotatable bonds is 67.